The lowest BCUT2D eigenvalue weighted by Gasteiger charge is -2.55. The van der Waals surface area contributed by atoms with E-state index in [1.54, 1.807) is 12.1 Å². The van der Waals surface area contributed by atoms with E-state index >= 15 is 0 Å². The molecule has 1 aromatic carbocycles. The second-order valence-corrected chi connectivity index (χ2v) is 7.59. The Morgan fingerprint density at radius 2 is 1.65 bits per heavy atom. The smallest absolute Gasteiger partial charge is 0.171 e. The molecule has 0 aliphatic heterocycles. The first-order valence-corrected chi connectivity index (χ1v) is 7.93. The molecule has 0 atom stereocenters. The van der Waals surface area contributed by atoms with Gasteiger partial charge in [-0.05, 0) is 74.5 Å². The van der Waals surface area contributed by atoms with Crippen LogP contribution in [0.15, 0.2) is 18.2 Å². The van der Waals surface area contributed by atoms with Crippen LogP contribution >= 0.6 is 11.6 Å². The molecule has 1 aromatic rings. The maximum absolute atomic E-state index is 14.1. The molecule has 0 amide bonds. The Hall–Kier alpha value is -0.890. The van der Waals surface area contributed by atoms with Gasteiger partial charge in [-0.3, -0.25) is 4.79 Å². The van der Waals surface area contributed by atoms with Crippen molar-refractivity contribution in [3.63, 3.8) is 0 Å². The van der Waals surface area contributed by atoms with Crippen LogP contribution in [0.2, 0.25) is 5.02 Å². The lowest BCUT2D eigenvalue weighted by atomic mass is 9.48. The topological polar surface area (TPSA) is 17.1 Å². The zero-order valence-corrected chi connectivity index (χ0v) is 12.1. The summed E-state index contributed by atoms with van der Waals surface area (Å²) in [5.41, 5.74) is -0.0278. The van der Waals surface area contributed by atoms with E-state index in [4.69, 9.17) is 11.6 Å². The van der Waals surface area contributed by atoms with E-state index in [1.165, 1.54) is 25.3 Å². The number of carbonyl (C=O) groups excluding carboxylic acids is 1. The van der Waals surface area contributed by atoms with Crippen molar-refractivity contribution in [3.05, 3.63) is 34.6 Å². The fourth-order valence-corrected chi connectivity index (χ4v) is 5.51. The summed E-state index contributed by atoms with van der Waals surface area (Å²) in [6, 6.07) is 4.45. The maximum Gasteiger partial charge on any atom is 0.171 e. The van der Waals surface area contributed by atoms with Crippen LogP contribution in [0.3, 0.4) is 0 Å². The largest absolute Gasteiger partial charge is 0.293 e. The van der Waals surface area contributed by atoms with Gasteiger partial charge in [0.1, 0.15) is 5.82 Å². The molecule has 4 bridgehead atoms. The van der Waals surface area contributed by atoms with Crippen LogP contribution in [-0.2, 0) is 0 Å². The average molecular weight is 293 g/mol. The van der Waals surface area contributed by atoms with Gasteiger partial charge >= 0.3 is 0 Å². The minimum absolute atomic E-state index is 0.0331. The molecule has 5 rings (SSSR count). The predicted octanol–water partition coefficient (Wildman–Crippen LogP) is 4.88. The summed E-state index contributed by atoms with van der Waals surface area (Å²) < 4.78 is 14.1. The van der Waals surface area contributed by atoms with E-state index in [0.29, 0.717) is 22.8 Å². The van der Waals surface area contributed by atoms with Crippen molar-refractivity contribution in [3.8, 4) is 0 Å². The molecule has 0 N–H and O–H groups in total. The Morgan fingerprint density at radius 1 is 1.10 bits per heavy atom. The molecule has 0 spiro atoms. The SMILES string of the molecule is O=C(c1ccc(Cl)cc1F)C12CC3CC(CC(C3)C1)C2. The molecular formula is C17H18ClFO. The molecule has 4 fully saturated rings. The molecule has 1 nitrogen and oxygen atoms in total. The lowest BCUT2D eigenvalue weighted by molar-refractivity contribution is -0.0354. The van der Waals surface area contributed by atoms with Crippen LogP contribution in [0.25, 0.3) is 0 Å². The first-order chi connectivity index (χ1) is 9.56. The molecule has 0 heterocycles. The van der Waals surface area contributed by atoms with E-state index in [0.717, 1.165) is 19.3 Å². The molecular weight excluding hydrogens is 275 g/mol. The normalized spacial score (nSPS) is 38.2. The Labute approximate surface area is 123 Å². The zero-order valence-electron chi connectivity index (χ0n) is 11.4. The summed E-state index contributed by atoms with van der Waals surface area (Å²) in [5.74, 6) is 1.66. The molecule has 3 heteroatoms. The van der Waals surface area contributed by atoms with Gasteiger partial charge in [0.15, 0.2) is 5.78 Å². The van der Waals surface area contributed by atoms with E-state index in [2.05, 4.69) is 0 Å². The number of Topliss-reactive ketones (excluding diaryl/α,β-unsaturated/α-hetero) is 1. The van der Waals surface area contributed by atoms with E-state index in [1.807, 2.05) is 0 Å². The second-order valence-electron chi connectivity index (χ2n) is 7.15. The number of halogens is 2. The van der Waals surface area contributed by atoms with Crippen LogP contribution in [0.5, 0.6) is 0 Å². The highest BCUT2D eigenvalue weighted by Gasteiger charge is 2.54. The third kappa shape index (κ3) is 1.84. The highest BCUT2D eigenvalue weighted by atomic mass is 35.5. The summed E-state index contributed by atoms with van der Waals surface area (Å²) in [6.45, 7) is 0. The first kappa shape index (κ1) is 12.8. The van der Waals surface area contributed by atoms with Gasteiger partial charge in [0, 0.05) is 10.4 Å². The van der Waals surface area contributed by atoms with E-state index in [-0.39, 0.29) is 16.8 Å². The Morgan fingerprint density at radius 3 is 2.15 bits per heavy atom. The van der Waals surface area contributed by atoms with Crippen molar-refractivity contribution in [2.75, 3.05) is 0 Å². The minimum Gasteiger partial charge on any atom is -0.293 e. The number of benzene rings is 1. The predicted molar refractivity (Wildman–Crippen MR) is 76.3 cm³/mol. The van der Waals surface area contributed by atoms with Gasteiger partial charge < -0.3 is 0 Å². The fraction of sp³-hybridized carbons (Fsp3) is 0.588. The number of carbonyl (C=O) groups is 1. The van der Waals surface area contributed by atoms with Crippen molar-refractivity contribution in [2.24, 2.45) is 23.2 Å². The molecule has 20 heavy (non-hydrogen) atoms. The average Bonchev–Trinajstić information content (AvgIpc) is 2.36. The standard InChI is InChI=1S/C17H18ClFO/c18-13-1-2-14(15(19)6-13)16(20)17-7-10-3-11(8-17)5-12(4-10)9-17/h1-2,6,10-12H,3-5,7-9H2. The lowest BCUT2D eigenvalue weighted by Crippen LogP contribution is -2.50. The van der Waals surface area contributed by atoms with Crippen molar-refractivity contribution in [1.82, 2.24) is 0 Å². The second kappa shape index (κ2) is 4.30. The van der Waals surface area contributed by atoms with Crippen LogP contribution in [0.1, 0.15) is 48.9 Å². The molecule has 0 aromatic heterocycles. The summed E-state index contributed by atoms with van der Waals surface area (Å²) in [4.78, 5) is 12.9. The van der Waals surface area contributed by atoms with E-state index < -0.39 is 5.82 Å². The summed E-state index contributed by atoms with van der Waals surface area (Å²) in [5, 5.41) is 0.351. The third-order valence-electron chi connectivity index (χ3n) is 5.70. The summed E-state index contributed by atoms with van der Waals surface area (Å²) in [6.07, 6.45) is 6.78. The molecule has 4 saturated carbocycles. The van der Waals surface area contributed by atoms with Gasteiger partial charge in [-0.1, -0.05) is 11.6 Å². The van der Waals surface area contributed by atoms with Crippen molar-refractivity contribution in [1.29, 1.82) is 0 Å². The quantitative estimate of drug-likeness (QED) is 0.710. The van der Waals surface area contributed by atoms with Crippen LogP contribution in [-0.4, -0.2) is 5.78 Å². The fourth-order valence-electron chi connectivity index (χ4n) is 5.35. The van der Waals surface area contributed by atoms with Gasteiger partial charge in [-0.25, -0.2) is 4.39 Å². The Balaban J connectivity index is 1.71. The Kier molecular flexibility index (Phi) is 2.76. The number of ketones is 1. The van der Waals surface area contributed by atoms with Crippen molar-refractivity contribution < 1.29 is 9.18 Å². The van der Waals surface area contributed by atoms with Gasteiger partial charge in [-0.15, -0.1) is 0 Å². The number of hydrogen-bond donors (Lipinski definition) is 0. The summed E-state index contributed by atoms with van der Waals surface area (Å²) >= 11 is 5.79. The number of rotatable bonds is 2. The molecule has 0 radical (unpaired) electrons. The molecule has 4 aliphatic rings. The van der Waals surface area contributed by atoms with Gasteiger partial charge in [0.05, 0.1) is 5.56 Å². The van der Waals surface area contributed by atoms with Crippen LogP contribution in [0, 0.1) is 29.0 Å². The Bertz CT molecular complexity index is 545. The minimum atomic E-state index is -0.460. The number of hydrogen-bond acceptors (Lipinski definition) is 1. The molecule has 106 valence electrons. The van der Waals surface area contributed by atoms with Gasteiger partial charge in [-0.2, -0.15) is 0 Å². The molecule has 0 unspecified atom stereocenters. The highest BCUT2D eigenvalue weighted by molar-refractivity contribution is 6.30. The first-order valence-electron chi connectivity index (χ1n) is 7.56. The zero-order chi connectivity index (χ0) is 13.9. The van der Waals surface area contributed by atoms with Crippen LogP contribution in [0.4, 0.5) is 4.39 Å². The third-order valence-corrected chi connectivity index (χ3v) is 5.93. The van der Waals surface area contributed by atoms with Crippen LogP contribution < -0.4 is 0 Å². The van der Waals surface area contributed by atoms with Crippen molar-refractivity contribution >= 4 is 17.4 Å². The van der Waals surface area contributed by atoms with Gasteiger partial charge in [0.2, 0.25) is 0 Å². The van der Waals surface area contributed by atoms with Gasteiger partial charge in [0.25, 0.3) is 0 Å². The highest BCUT2D eigenvalue weighted by Crippen LogP contribution is 2.61. The van der Waals surface area contributed by atoms with E-state index in [9.17, 15) is 9.18 Å². The monoisotopic (exact) mass is 292 g/mol. The van der Waals surface area contributed by atoms with Crippen molar-refractivity contribution in [2.45, 2.75) is 38.5 Å². The summed E-state index contributed by atoms with van der Waals surface area (Å²) in [7, 11) is 0. The maximum atomic E-state index is 14.1. The molecule has 0 saturated heterocycles. The molecule has 4 aliphatic carbocycles.